The Labute approximate surface area is 77.3 Å². The third-order valence-corrected chi connectivity index (χ3v) is 0. The molecule has 0 saturated heterocycles. The van der Waals surface area contributed by atoms with Gasteiger partial charge in [-0.05, 0) is 0 Å². The molecule has 0 bridgehead atoms. The van der Waals surface area contributed by atoms with Crippen LogP contribution in [0, 0.1) is 0 Å². The molecular weight excluding hydrogens is 427 g/mol. The summed E-state index contributed by atoms with van der Waals surface area (Å²) in [5, 5.41) is 0. The molecule has 4 heteroatoms. The number of hydrogen-bond donors (Lipinski definition) is 0. The van der Waals surface area contributed by atoms with E-state index in [2.05, 4.69) is 0 Å². The molecule has 0 aliphatic rings. The van der Waals surface area contributed by atoms with Crippen LogP contribution in [0.2, 0.25) is 0 Å². The molecule has 0 unspecified atom stereocenters. The van der Waals surface area contributed by atoms with Crippen molar-refractivity contribution in [2.45, 2.75) is 0 Å². The van der Waals surface area contributed by atoms with Crippen molar-refractivity contribution in [2.24, 2.45) is 0 Å². The summed E-state index contributed by atoms with van der Waals surface area (Å²) in [6.07, 6.45) is 0. The number of rotatable bonds is 0. The Hall–Kier alpha value is 2.49. The molecule has 0 amide bonds. The van der Waals surface area contributed by atoms with Gasteiger partial charge >= 0.3 is 0 Å². The molecule has 0 aliphatic carbocycles. The summed E-state index contributed by atoms with van der Waals surface area (Å²) in [5.74, 6) is 0. The van der Waals surface area contributed by atoms with Crippen LogP contribution in [-0.4, -0.2) is 0 Å². The van der Waals surface area contributed by atoms with E-state index in [0.717, 1.165) is 0 Å². The van der Waals surface area contributed by atoms with Crippen molar-refractivity contribution in [3.05, 3.63) is 0 Å². The second kappa shape index (κ2) is 17.8. The zero-order valence-corrected chi connectivity index (χ0v) is 6.80. The Kier molecular flexibility index (Phi) is 141. The molecule has 0 fully saturated rings. The van der Waals surface area contributed by atoms with Gasteiger partial charge in [0.2, 0.25) is 0 Å². The average Bonchev–Trinajstić information content (AvgIpc) is 0. The maximum Gasteiger partial charge on any atom is 0 e. The molecule has 0 aliphatic heterocycles. The predicted octanol–water partition coefficient (Wildman–Crippen LogP) is -0.0100. The minimum Gasteiger partial charge on any atom is 0 e. The fourth-order valence-electron chi connectivity index (χ4n) is 0. The fourth-order valence-corrected chi connectivity index (χ4v) is 0. The molecule has 43 valence electrons. The molecule has 0 saturated carbocycles. The second-order valence-electron chi connectivity index (χ2n) is 0. The topological polar surface area (TPSA) is 0 Å². The maximum atomic E-state index is 0. The van der Waals surface area contributed by atoms with Crippen LogP contribution >= 0.6 is 0 Å². The van der Waals surface area contributed by atoms with Gasteiger partial charge in [0.1, 0.15) is 0 Å². The summed E-state index contributed by atoms with van der Waals surface area (Å²) in [4.78, 5) is 0. The first-order valence-corrected chi connectivity index (χ1v) is 0. The summed E-state index contributed by atoms with van der Waals surface area (Å²) in [6.45, 7) is 0. The van der Waals surface area contributed by atoms with Crippen LogP contribution in [0.3, 0.4) is 0 Å². The quantitative estimate of drug-likeness (QED) is 0.478. The van der Waals surface area contributed by atoms with E-state index in [9.17, 15) is 0 Å². The fraction of sp³-hybridized carbons (Fsp3) is 0. The molecule has 0 aromatic rings. The summed E-state index contributed by atoms with van der Waals surface area (Å²) >= 11 is 0. The van der Waals surface area contributed by atoms with E-state index in [1.807, 2.05) is 0 Å². The van der Waals surface area contributed by atoms with Crippen LogP contribution in [0.4, 0.5) is 0 Å². The standard InChI is InChI=1S/Ag.Au.Cu.Ni. The molecule has 0 N–H and O–H groups in total. The summed E-state index contributed by atoms with van der Waals surface area (Å²) < 4.78 is 0. The molecule has 4 heavy (non-hydrogen) atoms. The first-order valence-electron chi connectivity index (χ1n) is 0. The van der Waals surface area contributed by atoms with Crippen molar-refractivity contribution in [3.8, 4) is 0 Å². The monoisotopic (exact) mass is 425 g/mol. The van der Waals surface area contributed by atoms with Crippen molar-refractivity contribution in [3.63, 3.8) is 0 Å². The summed E-state index contributed by atoms with van der Waals surface area (Å²) in [6, 6.07) is 0. The molecule has 0 heterocycles. The molecule has 0 aromatic heterocycles. The van der Waals surface area contributed by atoms with Gasteiger partial charge in [-0.1, -0.05) is 0 Å². The Bertz CT molecular complexity index is 8.00. The summed E-state index contributed by atoms with van der Waals surface area (Å²) in [7, 11) is 0. The van der Waals surface area contributed by atoms with Gasteiger partial charge in [0.25, 0.3) is 0 Å². The van der Waals surface area contributed by atoms with Crippen LogP contribution in [0.15, 0.2) is 0 Å². The Balaban J connectivity index is 0. The smallest absolute Gasteiger partial charge is 0 e. The second-order valence-corrected chi connectivity index (χ2v) is 0. The van der Waals surface area contributed by atoms with Crippen molar-refractivity contribution in [1.82, 2.24) is 0 Å². The van der Waals surface area contributed by atoms with Gasteiger partial charge in [0, 0.05) is 78.3 Å². The van der Waals surface area contributed by atoms with Gasteiger partial charge in [-0.2, -0.15) is 0 Å². The zero-order chi connectivity index (χ0) is 0. The van der Waals surface area contributed by atoms with Crippen LogP contribution in [0.25, 0.3) is 0 Å². The largest absolute Gasteiger partial charge is 0 e. The van der Waals surface area contributed by atoms with Crippen molar-refractivity contribution >= 4 is 0 Å². The van der Waals surface area contributed by atoms with E-state index in [1.54, 1.807) is 0 Å². The first kappa shape index (κ1) is 31.5. The van der Waals surface area contributed by atoms with Gasteiger partial charge < -0.3 is 0 Å². The molecule has 0 atom stereocenters. The molecule has 3 radical (unpaired) electrons. The van der Waals surface area contributed by atoms with Gasteiger partial charge in [-0.3, -0.25) is 0 Å². The normalized spacial score (nSPS) is 0. The number of hydrogen-bond acceptors (Lipinski definition) is 0. The van der Waals surface area contributed by atoms with Gasteiger partial charge in [0.05, 0.1) is 0 Å². The van der Waals surface area contributed by atoms with Crippen molar-refractivity contribution in [1.29, 1.82) is 0 Å². The van der Waals surface area contributed by atoms with Gasteiger partial charge in [0.15, 0.2) is 0 Å². The van der Waals surface area contributed by atoms with Crippen LogP contribution in [-0.2, 0) is 78.3 Å². The maximum absolute atomic E-state index is 0. The molecule has 0 rings (SSSR count). The van der Waals surface area contributed by atoms with E-state index in [4.69, 9.17) is 0 Å². The minimum absolute atomic E-state index is 0. The van der Waals surface area contributed by atoms with Crippen molar-refractivity contribution in [2.75, 3.05) is 0 Å². The van der Waals surface area contributed by atoms with Crippen molar-refractivity contribution < 1.29 is 78.3 Å². The zero-order valence-electron chi connectivity index (χ0n) is 1.22. The molecule has 0 aromatic carbocycles. The third kappa shape index (κ3) is 8.82. The van der Waals surface area contributed by atoms with E-state index in [0.29, 0.717) is 0 Å². The summed E-state index contributed by atoms with van der Waals surface area (Å²) in [5.41, 5.74) is 0. The average molecular weight is 427 g/mol. The van der Waals surface area contributed by atoms with E-state index >= 15 is 0 Å². The SMILES string of the molecule is [Ag].[Au].[Cu].[Ni]. The van der Waals surface area contributed by atoms with Crippen LogP contribution < -0.4 is 0 Å². The first-order chi connectivity index (χ1) is 0. The van der Waals surface area contributed by atoms with Gasteiger partial charge in [-0.15, -0.1) is 0 Å². The Morgan fingerprint density at radius 2 is 1.00 bits per heavy atom. The van der Waals surface area contributed by atoms with Gasteiger partial charge in [-0.25, -0.2) is 0 Å². The third-order valence-electron chi connectivity index (χ3n) is 0. The molecule has 0 spiro atoms. The van der Waals surface area contributed by atoms with Crippen LogP contribution in [0.1, 0.15) is 0 Å². The Morgan fingerprint density at radius 3 is 1.00 bits per heavy atom. The predicted molar refractivity (Wildman–Crippen MR) is 0 cm³/mol. The Morgan fingerprint density at radius 1 is 1.00 bits per heavy atom. The van der Waals surface area contributed by atoms with Crippen LogP contribution in [0.5, 0.6) is 0 Å². The minimum atomic E-state index is 0. The van der Waals surface area contributed by atoms with E-state index in [-0.39, 0.29) is 78.3 Å². The van der Waals surface area contributed by atoms with E-state index < -0.39 is 0 Å². The van der Waals surface area contributed by atoms with E-state index in [1.165, 1.54) is 0 Å². The molecular formula is AgAuCuNi. The molecule has 0 nitrogen and oxygen atoms in total.